The SMILES string of the molecule is CCCNc1ncc(CN2CCC(N3CCOCC3)C2)s1. The Kier molecular flexibility index (Phi) is 5.46. The lowest BCUT2D eigenvalue weighted by Crippen LogP contribution is -2.44. The Balaban J connectivity index is 1.46. The summed E-state index contributed by atoms with van der Waals surface area (Å²) in [6, 6.07) is 0.722. The van der Waals surface area contributed by atoms with E-state index in [4.69, 9.17) is 4.74 Å². The van der Waals surface area contributed by atoms with Crippen LogP contribution >= 0.6 is 11.3 Å². The molecule has 21 heavy (non-hydrogen) atoms. The van der Waals surface area contributed by atoms with Crippen molar-refractivity contribution in [2.45, 2.75) is 32.4 Å². The summed E-state index contributed by atoms with van der Waals surface area (Å²) >= 11 is 1.80. The van der Waals surface area contributed by atoms with Gasteiger partial charge in [-0.1, -0.05) is 6.92 Å². The van der Waals surface area contributed by atoms with Crippen molar-refractivity contribution < 1.29 is 4.74 Å². The third-order valence-corrected chi connectivity index (χ3v) is 5.21. The van der Waals surface area contributed by atoms with E-state index in [0.29, 0.717) is 0 Å². The molecule has 5 nitrogen and oxygen atoms in total. The molecule has 1 aromatic heterocycles. The molecule has 0 spiro atoms. The van der Waals surface area contributed by atoms with Gasteiger partial charge in [0, 0.05) is 56.4 Å². The normalized spacial score (nSPS) is 24.5. The second kappa shape index (κ2) is 7.54. The van der Waals surface area contributed by atoms with Gasteiger partial charge in [-0.05, 0) is 12.8 Å². The fourth-order valence-electron chi connectivity index (χ4n) is 3.11. The number of ether oxygens (including phenoxy) is 1. The molecule has 0 aromatic carbocycles. The molecule has 0 aliphatic carbocycles. The largest absolute Gasteiger partial charge is 0.379 e. The Morgan fingerprint density at radius 3 is 3.05 bits per heavy atom. The van der Waals surface area contributed by atoms with Crippen LogP contribution in [-0.4, -0.2) is 66.8 Å². The highest BCUT2D eigenvalue weighted by Crippen LogP contribution is 2.23. The van der Waals surface area contributed by atoms with Crippen molar-refractivity contribution in [2.75, 3.05) is 51.3 Å². The number of hydrogen-bond donors (Lipinski definition) is 1. The standard InChI is InChI=1S/C15H26N4OS/c1-2-4-16-15-17-10-14(21-15)12-18-5-3-13(11-18)19-6-8-20-9-7-19/h10,13H,2-9,11-12H2,1H3,(H,16,17). The fraction of sp³-hybridized carbons (Fsp3) is 0.800. The van der Waals surface area contributed by atoms with Crippen LogP contribution in [0.15, 0.2) is 6.20 Å². The van der Waals surface area contributed by atoms with Gasteiger partial charge in [0.25, 0.3) is 0 Å². The molecule has 1 unspecified atom stereocenters. The van der Waals surface area contributed by atoms with E-state index >= 15 is 0 Å². The Bertz CT molecular complexity index is 433. The number of thiazole rings is 1. The lowest BCUT2D eigenvalue weighted by molar-refractivity contribution is 0.0184. The van der Waals surface area contributed by atoms with Crippen LogP contribution in [0.1, 0.15) is 24.6 Å². The van der Waals surface area contributed by atoms with Gasteiger partial charge in [0.1, 0.15) is 0 Å². The van der Waals surface area contributed by atoms with Gasteiger partial charge in [-0.3, -0.25) is 9.80 Å². The number of nitrogens with zero attached hydrogens (tertiary/aromatic N) is 3. The highest BCUT2D eigenvalue weighted by molar-refractivity contribution is 7.15. The maximum atomic E-state index is 5.45. The second-order valence-corrected chi connectivity index (χ2v) is 7.00. The van der Waals surface area contributed by atoms with E-state index in [9.17, 15) is 0 Å². The zero-order chi connectivity index (χ0) is 14.5. The molecule has 1 N–H and O–H groups in total. The molecule has 2 aliphatic rings. The van der Waals surface area contributed by atoms with E-state index in [1.165, 1.54) is 24.4 Å². The first-order valence-corrected chi connectivity index (χ1v) is 8.89. The molecular formula is C15H26N4OS. The van der Waals surface area contributed by atoms with Crippen LogP contribution in [0.2, 0.25) is 0 Å². The molecule has 2 fully saturated rings. The van der Waals surface area contributed by atoms with E-state index in [0.717, 1.165) is 57.0 Å². The minimum atomic E-state index is 0.722. The number of nitrogens with one attached hydrogen (secondary N) is 1. The molecule has 0 amide bonds. The summed E-state index contributed by atoms with van der Waals surface area (Å²) in [6.07, 6.45) is 4.47. The highest BCUT2D eigenvalue weighted by Gasteiger charge is 2.28. The van der Waals surface area contributed by atoms with Crippen LogP contribution in [0.25, 0.3) is 0 Å². The number of aromatic nitrogens is 1. The molecule has 0 saturated carbocycles. The predicted molar refractivity (Wildman–Crippen MR) is 87.0 cm³/mol. The smallest absolute Gasteiger partial charge is 0.182 e. The number of likely N-dealkylation sites (tertiary alicyclic amines) is 1. The van der Waals surface area contributed by atoms with Crippen LogP contribution in [0.4, 0.5) is 5.13 Å². The van der Waals surface area contributed by atoms with Crippen molar-refractivity contribution in [1.82, 2.24) is 14.8 Å². The van der Waals surface area contributed by atoms with Gasteiger partial charge >= 0.3 is 0 Å². The topological polar surface area (TPSA) is 40.6 Å². The summed E-state index contributed by atoms with van der Waals surface area (Å²) in [5, 5.41) is 4.43. The van der Waals surface area contributed by atoms with Crippen molar-refractivity contribution in [3.63, 3.8) is 0 Å². The lowest BCUT2D eigenvalue weighted by Gasteiger charge is -2.32. The predicted octanol–water partition coefficient (Wildman–Crippen LogP) is 1.87. The molecule has 3 heterocycles. The third kappa shape index (κ3) is 4.16. The molecule has 6 heteroatoms. The number of hydrogen-bond acceptors (Lipinski definition) is 6. The van der Waals surface area contributed by atoms with Gasteiger partial charge in [-0.25, -0.2) is 4.98 Å². The molecule has 0 radical (unpaired) electrons. The lowest BCUT2D eigenvalue weighted by atomic mass is 10.2. The maximum Gasteiger partial charge on any atom is 0.182 e. The molecule has 2 aliphatic heterocycles. The quantitative estimate of drug-likeness (QED) is 0.869. The summed E-state index contributed by atoms with van der Waals surface area (Å²) in [7, 11) is 0. The molecule has 3 rings (SSSR count). The van der Waals surface area contributed by atoms with E-state index < -0.39 is 0 Å². The molecule has 1 atom stereocenters. The Hall–Kier alpha value is -0.690. The van der Waals surface area contributed by atoms with Crippen LogP contribution in [-0.2, 0) is 11.3 Å². The van der Waals surface area contributed by atoms with Crippen molar-refractivity contribution >= 4 is 16.5 Å². The first kappa shape index (κ1) is 15.2. The Morgan fingerprint density at radius 2 is 2.24 bits per heavy atom. The van der Waals surface area contributed by atoms with Gasteiger partial charge in [0.15, 0.2) is 5.13 Å². The highest BCUT2D eigenvalue weighted by atomic mass is 32.1. The van der Waals surface area contributed by atoms with Crippen molar-refractivity contribution in [2.24, 2.45) is 0 Å². The van der Waals surface area contributed by atoms with E-state index in [1.54, 1.807) is 11.3 Å². The van der Waals surface area contributed by atoms with Crippen LogP contribution < -0.4 is 5.32 Å². The molecule has 1 aromatic rings. The van der Waals surface area contributed by atoms with Gasteiger partial charge in [-0.2, -0.15) is 0 Å². The van der Waals surface area contributed by atoms with Gasteiger partial charge in [0.05, 0.1) is 13.2 Å². The van der Waals surface area contributed by atoms with E-state index in [1.807, 2.05) is 6.20 Å². The average molecular weight is 310 g/mol. The van der Waals surface area contributed by atoms with E-state index in [-0.39, 0.29) is 0 Å². The first-order valence-electron chi connectivity index (χ1n) is 8.08. The van der Waals surface area contributed by atoms with Gasteiger partial charge < -0.3 is 10.1 Å². The fourth-order valence-corrected chi connectivity index (χ4v) is 3.99. The first-order chi connectivity index (χ1) is 10.3. The Morgan fingerprint density at radius 1 is 1.38 bits per heavy atom. The third-order valence-electron chi connectivity index (χ3n) is 4.27. The molecular weight excluding hydrogens is 284 g/mol. The zero-order valence-corrected chi connectivity index (χ0v) is 13.7. The average Bonchev–Trinajstić information content (AvgIpc) is 3.16. The van der Waals surface area contributed by atoms with Crippen LogP contribution in [0.5, 0.6) is 0 Å². The van der Waals surface area contributed by atoms with Crippen LogP contribution in [0, 0.1) is 0 Å². The Labute approximate surface area is 131 Å². The summed E-state index contributed by atoms with van der Waals surface area (Å²) in [6.45, 7) is 10.6. The summed E-state index contributed by atoms with van der Waals surface area (Å²) in [4.78, 5) is 11.0. The molecule has 0 bridgehead atoms. The van der Waals surface area contributed by atoms with Crippen molar-refractivity contribution in [3.8, 4) is 0 Å². The van der Waals surface area contributed by atoms with E-state index in [2.05, 4.69) is 27.0 Å². The monoisotopic (exact) mass is 310 g/mol. The van der Waals surface area contributed by atoms with Gasteiger partial charge in [-0.15, -0.1) is 11.3 Å². The second-order valence-electron chi connectivity index (χ2n) is 5.88. The maximum absolute atomic E-state index is 5.45. The minimum Gasteiger partial charge on any atom is -0.379 e. The summed E-state index contributed by atoms with van der Waals surface area (Å²) < 4.78 is 5.45. The summed E-state index contributed by atoms with van der Waals surface area (Å²) in [5.41, 5.74) is 0. The molecule has 118 valence electrons. The van der Waals surface area contributed by atoms with Crippen molar-refractivity contribution in [1.29, 1.82) is 0 Å². The number of morpholine rings is 1. The number of rotatable bonds is 6. The zero-order valence-electron chi connectivity index (χ0n) is 12.9. The number of anilines is 1. The summed E-state index contributed by atoms with van der Waals surface area (Å²) in [5.74, 6) is 0. The van der Waals surface area contributed by atoms with Gasteiger partial charge in [0.2, 0.25) is 0 Å². The van der Waals surface area contributed by atoms with Crippen molar-refractivity contribution in [3.05, 3.63) is 11.1 Å². The molecule has 2 saturated heterocycles. The minimum absolute atomic E-state index is 0.722. The van der Waals surface area contributed by atoms with Crippen LogP contribution in [0.3, 0.4) is 0 Å².